The van der Waals surface area contributed by atoms with E-state index in [1.165, 1.54) is 0 Å². The minimum absolute atomic E-state index is 0.0566. The van der Waals surface area contributed by atoms with E-state index in [9.17, 15) is 9.59 Å². The number of rotatable bonds is 0. The zero-order chi connectivity index (χ0) is 17.4. The van der Waals surface area contributed by atoms with Gasteiger partial charge in [-0.2, -0.15) is 33.2 Å². The summed E-state index contributed by atoms with van der Waals surface area (Å²) in [5, 5.41) is 18.3. The maximum absolute atomic E-state index is 12.7. The summed E-state index contributed by atoms with van der Waals surface area (Å²) in [6.45, 7) is 14.2. The molecule has 0 unspecified atom stereocenters. The van der Waals surface area contributed by atoms with Gasteiger partial charge in [-0.15, -0.1) is 22.7 Å². The number of fused-ring (bicyclic) bond motifs is 2. The van der Waals surface area contributed by atoms with Crippen LogP contribution in [0.1, 0.15) is 9.75 Å². The van der Waals surface area contributed by atoms with Crippen LogP contribution in [0, 0.1) is 35.8 Å². The number of hydrogen-bond acceptors (Lipinski definition) is 8. The van der Waals surface area contributed by atoms with Crippen molar-refractivity contribution in [1.29, 1.82) is 10.5 Å². The third-order valence-electron chi connectivity index (χ3n) is 2.84. The molecule has 0 radical (unpaired) electrons. The third kappa shape index (κ3) is 2.23. The molecule has 2 aromatic heterocycles. The van der Waals surface area contributed by atoms with Crippen LogP contribution in [0.25, 0.3) is 28.5 Å². The van der Waals surface area contributed by atoms with E-state index in [4.69, 9.17) is 23.7 Å². The van der Waals surface area contributed by atoms with Crippen LogP contribution in [0.3, 0.4) is 0 Å². The summed E-state index contributed by atoms with van der Waals surface area (Å²) in [5.74, 6) is 0. The van der Waals surface area contributed by atoms with Gasteiger partial charge in [-0.1, -0.05) is 0 Å². The maximum Gasteiger partial charge on any atom is 0.259 e. The van der Waals surface area contributed by atoms with Crippen LogP contribution in [0.4, 0.5) is 10.0 Å². The largest absolute Gasteiger partial charge is 0.287 e. The minimum atomic E-state index is -0.454. The molecular weight excluding hydrogens is 384 g/mol. The highest BCUT2D eigenvalue weighted by atomic mass is 32.1. The molecule has 0 bridgehead atoms. The van der Waals surface area contributed by atoms with Crippen molar-refractivity contribution in [2.24, 2.45) is 0 Å². The predicted octanol–water partition coefficient (Wildman–Crippen LogP) is 4.37. The summed E-state index contributed by atoms with van der Waals surface area (Å²) in [4.78, 5) is 32.0. The molecule has 3 rings (SSSR count). The van der Waals surface area contributed by atoms with Gasteiger partial charge in [0.25, 0.3) is 10.0 Å². The van der Waals surface area contributed by atoms with Crippen LogP contribution < -0.4 is 10.9 Å². The van der Waals surface area contributed by atoms with Gasteiger partial charge in [-0.3, -0.25) is 9.59 Å². The molecular formula is C14N4O2S4. The molecule has 1 aromatic carbocycles. The maximum atomic E-state index is 12.7. The SMILES string of the molecule is [C-]#[N+]c1sc2c(=O)c3sc(C#N)c(C#N)sc3c(=O)c2sc1[N+]#[C-]. The van der Waals surface area contributed by atoms with E-state index < -0.39 is 10.9 Å². The second-order valence-electron chi connectivity index (χ2n) is 4.10. The molecule has 6 nitrogen and oxygen atoms in total. The normalized spacial score (nSPS) is 9.83. The molecule has 0 fully saturated rings. The number of nitrogens with zero attached hydrogens (tertiary/aromatic N) is 4. The number of hydrogen-bond donors (Lipinski definition) is 0. The summed E-state index contributed by atoms with van der Waals surface area (Å²) in [7, 11) is 0. The highest BCUT2D eigenvalue weighted by Crippen LogP contribution is 2.41. The molecule has 0 aliphatic carbocycles. The van der Waals surface area contributed by atoms with Gasteiger partial charge in [-0.25, -0.2) is 9.69 Å². The summed E-state index contributed by atoms with van der Waals surface area (Å²) in [6, 6.07) is 3.71. The lowest BCUT2D eigenvalue weighted by Crippen LogP contribution is -2.10. The smallest absolute Gasteiger partial charge is 0.259 e. The molecule has 0 amide bonds. The molecule has 10 heteroatoms. The highest BCUT2D eigenvalue weighted by molar-refractivity contribution is 7.35. The molecule has 112 valence electrons. The van der Waals surface area contributed by atoms with Gasteiger partial charge >= 0.3 is 0 Å². The zero-order valence-corrected chi connectivity index (χ0v) is 14.5. The van der Waals surface area contributed by atoms with Gasteiger partial charge < -0.3 is 0 Å². The van der Waals surface area contributed by atoms with Gasteiger partial charge in [0.1, 0.15) is 21.9 Å². The lowest BCUT2D eigenvalue weighted by atomic mass is 10.3. The van der Waals surface area contributed by atoms with E-state index in [0.717, 1.165) is 45.3 Å². The average molecular weight is 384 g/mol. The van der Waals surface area contributed by atoms with Crippen molar-refractivity contribution in [1.82, 2.24) is 0 Å². The van der Waals surface area contributed by atoms with E-state index in [0.29, 0.717) is 0 Å². The molecule has 2 heterocycles. The zero-order valence-electron chi connectivity index (χ0n) is 11.2. The molecule has 0 spiro atoms. The lowest BCUT2D eigenvalue weighted by molar-refractivity contribution is 1.49. The molecule has 0 saturated heterocycles. The summed E-state index contributed by atoms with van der Waals surface area (Å²) in [5.41, 5.74) is -0.908. The lowest BCUT2D eigenvalue weighted by Gasteiger charge is -2.02. The van der Waals surface area contributed by atoms with Crippen LogP contribution in [0.15, 0.2) is 9.59 Å². The number of benzene rings is 1. The van der Waals surface area contributed by atoms with E-state index in [1.807, 2.05) is 12.1 Å². The average Bonchev–Trinajstić information content (AvgIpc) is 2.63. The van der Waals surface area contributed by atoms with Crippen molar-refractivity contribution >= 4 is 74.1 Å². The molecule has 3 aromatic rings. The molecule has 0 saturated carbocycles. The first-order chi connectivity index (χ1) is 11.5. The third-order valence-corrected chi connectivity index (χ3v) is 7.68. The van der Waals surface area contributed by atoms with Crippen LogP contribution >= 0.6 is 45.3 Å². The Morgan fingerprint density at radius 3 is 1.33 bits per heavy atom. The minimum Gasteiger partial charge on any atom is -0.287 e. The predicted molar refractivity (Wildman–Crippen MR) is 96.3 cm³/mol. The molecule has 0 aliphatic heterocycles. The van der Waals surface area contributed by atoms with Gasteiger partial charge in [-0.05, 0) is 0 Å². The second kappa shape index (κ2) is 5.98. The van der Waals surface area contributed by atoms with Crippen molar-refractivity contribution < 1.29 is 0 Å². The summed E-state index contributed by atoms with van der Waals surface area (Å²) in [6.07, 6.45) is 0. The standard InChI is InChI=1S/C14N4O2S4/c1-17-13-14(18-2)24-12-8(20)10-9(7(19)11(12)23-13)21-5(3-15)6(4-16)22-10. The summed E-state index contributed by atoms with van der Waals surface area (Å²) >= 11 is 3.23. The Bertz CT molecular complexity index is 1140. The Kier molecular flexibility index (Phi) is 3.99. The van der Waals surface area contributed by atoms with Crippen LogP contribution in [0.5, 0.6) is 0 Å². The van der Waals surface area contributed by atoms with Gasteiger partial charge in [0.05, 0.1) is 31.9 Å². The first-order valence-corrected chi connectivity index (χ1v) is 9.15. The Balaban J connectivity index is 2.66. The Morgan fingerprint density at radius 1 is 0.708 bits per heavy atom. The van der Waals surface area contributed by atoms with Crippen molar-refractivity contribution in [3.8, 4) is 12.1 Å². The van der Waals surface area contributed by atoms with E-state index in [-0.39, 0.29) is 38.6 Å². The topological polar surface area (TPSA) is 90.4 Å². The fraction of sp³-hybridized carbons (Fsp3) is 0. The van der Waals surface area contributed by atoms with Crippen molar-refractivity contribution in [3.05, 3.63) is 53.0 Å². The van der Waals surface area contributed by atoms with Crippen LogP contribution in [-0.2, 0) is 0 Å². The fourth-order valence-electron chi connectivity index (χ4n) is 1.86. The van der Waals surface area contributed by atoms with Crippen LogP contribution in [-0.4, -0.2) is 0 Å². The van der Waals surface area contributed by atoms with Crippen molar-refractivity contribution in [2.45, 2.75) is 0 Å². The summed E-state index contributed by atoms with van der Waals surface area (Å²) < 4.78 is 0.409. The van der Waals surface area contributed by atoms with Crippen molar-refractivity contribution in [2.75, 3.05) is 0 Å². The van der Waals surface area contributed by atoms with Crippen LogP contribution in [0.2, 0.25) is 0 Å². The van der Waals surface area contributed by atoms with Gasteiger partial charge in [0, 0.05) is 0 Å². The van der Waals surface area contributed by atoms with Crippen molar-refractivity contribution in [3.63, 3.8) is 0 Å². The highest BCUT2D eigenvalue weighted by Gasteiger charge is 2.19. The first-order valence-electron chi connectivity index (χ1n) is 5.88. The Morgan fingerprint density at radius 2 is 1.04 bits per heavy atom. The van der Waals surface area contributed by atoms with E-state index >= 15 is 0 Å². The van der Waals surface area contributed by atoms with Gasteiger partial charge in [0.15, 0.2) is 0 Å². The molecule has 0 aliphatic rings. The van der Waals surface area contributed by atoms with E-state index in [1.54, 1.807) is 0 Å². The fourth-order valence-corrected chi connectivity index (χ4v) is 6.03. The monoisotopic (exact) mass is 384 g/mol. The second-order valence-corrected chi connectivity index (χ2v) is 8.14. The van der Waals surface area contributed by atoms with Gasteiger partial charge in [0.2, 0.25) is 10.9 Å². The first kappa shape index (κ1) is 16.0. The Labute approximate surface area is 149 Å². The van der Waals surface area contributed by atoms with E-state index in [2.05, 4.69) is 9.69 Å². The molecule has 24 heavy (non-hydrogen) atoms. The molecule has 0 atom stereocenters. The Hall–Kier alpha value is -2.86. The quantitative estimate of drug-likeness (QED) is 0.425. The number of nitriles is 2. The molecule has 0 N–H and O–H groups in total.